The van der Waals surface area contributed by atoms with Crippen LogP contribution in [0.5, 0.6) is 0 Å². The summed E-state index contributed by atoms with van der Waals surface area (Å²) in [6.07, 6.45) is 4.17. The van der Waals surface area contributed by atoms with Gasteiger partial charge in [0.05, 0.1) is 0 Å². The van der Waals surface area contributed by atoms with Crippen LogP contribution >= 0.6 is 0 Å². The summed E-state index contributed by atoms with van der Waals surface area (Å²) in [4.78, 5) is 2.57. The highest BCUT2D eigenvalue weighted by molar-refractivity contribution is 5.48. The fourth-order valence-corrected chi connectivity index (χ4v) is 2.62. The first kappa shape index (κ1) is 12.4. The normalized spacial score (nSPS) is 17.1. The molecule has 1 aliphatic heterocycles. The molecule has 0 aliphatic carbocycles. The zero-order valence-electron chi connectivity index (χ0n) is 11.1. The molecule has 0 amide bonds. The average Bonchev–Trinajstić information content (AvgIpc) is 2.29. The van der Waals surface area contributed by atoms with Gasteiger partial charge in [-0.05, 0) is 63.0 Å². The van der Waals surface area contributed by atoms with Gasteiger partial charge in [0.2, 0.25) is 0 Å². The third-order valence-electron chi connectivity index (χ3n) is 3.43. The number of nitrogens with zero attached hydrogens (tertiary/aromatic N) is 1. The third kappa shape index (κ3) is 4.04. The summed E-state index contributed by atoms with van der Waals surface area (Å²) in [5.41, 5.74) is 3.94. The maximum absolute atomic E-state index is 3.53. The Bertz CT molecular complexity index is 334. The zero-order valence-corrected chi connectivity index (χ0v) is 11.1. The van der Waals surface area contributed by atoms with Gasteiger partial charge in [0.25, 0.3) is 0 Å². The predicted octanol–water partition coefficient (Wildman–Crippen LogP) is 3.20. The number of hydrogen-bond donors (Lipinski definition) is 1. The van der Waals surface area contributed by atoms with Crippen molar-refractivity contribution < 1.29 is 0 Å². The third-order valence-corrected chi connectivity index (χ3v) is 3.43. The number of nitrogens with one attached hydrogen (secondary N) is 1. The van der Waals surface area contributed by atoms with Crippen LogP contribution in [0.25, 0.3) is 0 Å². The Morgan fingerprint density at radius 2 is 1.65 bits per heavy atom. The van der Waals surface area contributed by atoms with E-state index in [4.69, 9.17) is 0 Å². The molecule has 2 nitrogen and oxygen atoms in total. The van der Waals surface area contributed by atoms with Crippen molar-refractivity contribution in [3.8, 4) is 0 Å². The molecular formula is C15H24N2. The van der Waals surface area contributed by atoms with Gasteiger partial charge in [-0.15, -0.1) is 0 Å². The van der Waals surface area contributed by atoms with E-state index in [9.17, 15) is 0 Å². The standard InChI is InChI=1S/C15H24N2/c1-13-10-14(2)12-15(11-13)16-6-9-17-7-4-3-5-8-17/h10-12,16H,3-9H2,1-2H3. The van der Waals surface area contributed by atoms with Crippen molar-refractivity contribution in [3.63, 3.8) is 0 Å². The highest BCUT2D eigenvalue weighted by Gasteiger charge is 2.08. The molecule has 0 spiro atoms. The fourth-order valence-electron chi connectivity index (χ4n) is 2.62. The van der Waals surface area contributed by atoms with E-state index in [1.54, 1.807) is 0 Å². The first-order valence-corrected chi connectivity index (χ1v) is 6.78. The van der Waals surface area contributed by atoms with E-state index < -0.39 is 0 Å². The van der Waals surface area contributed by atoms with Gasteiger partial charge in [0, 0.05) is 18.8 Å². The molecule has 0 atom stereocenters. The van der Waals surface area contributed by atoms with Crippen LogP contribution in [0.2, 0.25) is 0 Å². The Kier molecular flexibility index (Phi) is 4.43. The average molecular weight is 232 g/mol. The van der Waals surface area contributed by atoms with E-state index in [1.807, 2.05) is 0 Å². The molecule has 0 unspecified atom stereocenters. The van der Waals surface area contributed by atoms with Crippen molar-refractivity contribution in [3.05, 3.63) is 29.3 Å². The number of anilines is 1. The SMILES string of the molecule is Cc1cc(C)cc(NCCN2CCCCC2)c1. The summed E-state index contributed by atoms with van der Waals surface area (Å²) in [5, 5.41) is 3.53. The van der Waals surface area contributed by atoms with Crippen molar-refractivity contribution >= 4 is 5.69 Å². The lowest BCUT2D eigenvalue weighted by atomic mass is 10.1. The van der Waals surface area contributed by atoms with Gasteiger partial charge in [0.1, 0.15) is 0 Å². The highest BCUT2D eigenvalue weighted by Crippen LogP contribution is 2.13. The van der Waals surface area contributed by atoms with Crippen LogP contribution in [0.4, 0.5) is 5.69 Å². The second kappa shape index (κ2) is 6.06. The minimum Gasteiger partial charge on any atom is -0.384 e. The lowest BCUT2D eigenvalue weighted by Gasteiger charge is -2.26. The topological polar surface area (TPSA) is 15.3 Å². The van der Waals surface area contributed by atoms with E-state index in [2.05, 4.69) is 42.3 Å². The van der Waals surface area contributed by atoms with E-state index in [1.165, 1.54) is 55.7 Å². The van der Waals surface area contributed by atoms with Crippen molar-refractivity contribution in [1.29, 1.82) is 0 Å². The van der Waals surface area contributed by atoms with E-state index >= 15 is 0 Å². The molecule has 94 valence electrons. The van der Waals surface area contributed by atoms with E-state index in [0.717, 1.165) is 6.54 Å². The molecule has 1 aromatic carbocycles. The molecule has 17 heavy (non-hydrogen) atoms. The molecule has 0 saturated carbocycles. The molecular weight excluding hydrogens is 208 g/mol. The maximum Gasteiger partial charge on any atom is 0.0345 e. The number of aryl methyl sites for hydroxylation is 2. The van der Waals surface area contributed by atoms with Gasteiger partial charge in [-0.2, -0.15) is 0 Å². The van der Waals surface area contributed by atoms with Crippen LogP contribution in [-0.2, 0) is 0 Å². The van der Waals surface area contributed by atoms with Crippen LogP contribution < -0.4 is 5.32 Å². The minimum absolute atomic E-state index is 1.06. The Hall–Kier alpha value is -1.02. The van der Waals surface area contributed by atoms with Crippen molar-refractivity contribution in [1.82, 2.24) is 4.90 Å². The van der Waals surface area contributed by atoms with Crippen molar-refractivity contribution in [2.24, 2.45) is 0 Å². The van der Waals surface area contributed by atoms with Gasteiger partial charge >= 0.3 is 0 Å². The zero-order chi connectivity index (χ0) is 12.1. The molecule has 1 heterocycles. The van der Waals surface area contributed by atoms with Crippen molar-refractivity contribution in [2.45, 2.75) is 33.1 Å². The summed E-state index contributed by atoms with van der Waals surface area (Å²) in [5.74, 6) is 0. The number of hydrogen-bond acceptors (Lipinski definition) is 2. The number of benzene rings is 1. The smallest absolute Gasteiger partial charge is 0.0345 e. The lowest BCUT2D eigenvalue weighted by Crippen LogP contribution is -2.33. The Labute approximate surface area is 105 Å². The monoisotopic (exact) mass is 232 g/mol. The second-order valence-corrected chi connectivity index (χ2v) is 5.21. The van der Waals surface area contributed by atoms with Gasteiger partial charge < -0.3 is 10.2 Å². The van der Waals surface area contributed by atoms with Crippen LogP contribution in [0.3, 0.4) is 0 Å². The molecule has 0 radical (unpaired) electrons. The highest BCUT2D eigenvalue weighted by atomic mass is 15.1. The van der Waals surface area contributed by atoms with Gasteiger partial charge in [-0.25, -0.2) is 0 Å². The largest absolute Gasteiger partial charge is 0.384 e. The van der Waals surface area contributed by atoms with E-state index in [-0.39, 0.29) is 0 Å². The molecule has 0 aromatic heterocycles. The molecule has 2 rings (SSSR count). The summed E-state index contributed by atoms with van der Waals surface area (Å²) in [6, 6.07) is 6.67. The first-order valence-electron chi connectivity index (χ1n) is 6.78. The van der Waals surface area contributed by atoms with Crippen LogP contribution in [0, 0.1) is 13.8 Å². The number of rotatable bonds is 4. The Morgan fingerprint density at radius 1 is 1.00 bits per heavy atom. The maximum atomic E-state index is 3.53. The molecule has 1 N–H and O–H groups in total. The Balaban J connectivity index is 1.77. The number of likely N-dealkylation sites (tertiary alicyclic amines) is 1. The second-order valence-electron chi connectivity index (χ2n) is 5.21. The molecule has 1 aliphatic rings. The van der Waals surface area contributed by atoms with Gasteiger partial charge in [-0.1, -0.05) is 12.5 Å². The quantitative estimate of drug-likeness (QED) is 0.857. The molecule has 1 saturated heterocycles. The first-order chi connectivity index (χ1) is 8.24. The minimum atomic E-state index is 1.06. The summed E-state index contributed by atoms with van der Waals surface area (Å²) >= 11 is 0. The summed E-state index contributed by atoms with van der Waals surface area (Å²) in [7, 11) is 0. The summed E-state index contributed by atoms with van der Waals surface area (Å²) < 4.78 is 0. The van der Waals surface area contributed by atoms with Crippen LogP contribution in [-0.4, -0.2) is 31.1 Å². The molecule has 0 bridgehead atoms. The summed E-state index contributed by atoms with van der Waals surface area (Å²) in [6.45, 7) is 9.12. The fraction of sp³-hybridized carbons (Fsp3) is 0.600. The van der Waals surface area contributed by atoms with Gasteiger partial charge in [0.15, 0.2) is 0 Å². The molecule has 1 aromatic rings. The Morgan fingerprint density at radius 3 is 2.29 bits per heavy atom. The van der Waals surface area contributed by atoms with Crippen molar-refractivity contribution in [2.75, 3.05) is 31.5 Å². The molecule has 1 fully saturated rings. The van der Waals surface area contributed by atoms with Gasteiger partial charge in [-0.3, -0.25) is 0 Å². The van der Waals surface area contributed by atoms with Crippen LogP contribution in [0.15, 0.2) is 18.2 Å². The van der Waals surface area contributed by atoms with Crippen LogP contribution in [0.1, 0.15) is 30.4 Å². The molecule has 2 heteroatoms. The number of piperidine rings is 1. The predicted molar refractivity (Wildman–Crippen MR) is 74.7 cm³/mol. The van der Waals surface area contributed by atoms with E-state index in [0.29, 0.717) is 0 Å². The lowest BCUT2D eigenvalue weighted by molar-refractivity contribution is 0.237.